The number of carbonyl (C=O) groups is 1. The van der Waals surface area contributed by atoms with E-state index in [0.29, 0.717) is 37.4 Å². The molecule has 0 spiro atoms. The number of aromatic nitrogens is 3. The Bertz CT molecular complexity index is 890. The minimum absolute atomic E-state index is 0.139. The van der Waals surface area contributed by atoms with Crippen molar-refractivity contribution >= 4 is 17.9 Å². The number of nitrogens with zero attached hydrogens (tertiary/aromatic N) is 4. The van der Waals surface area contributed by atoms with Gasteiger partial charge in [0, 0.05) is 44.3 Å². The van der Waals surface area contributed by atoms with E-state index < -0.39 is 11.9 Å². The first kappa shape index (κ1) is 19.4. The predicted octanol–water partition coefficient (Wildman–Crippen LogP) is 2.79. The van der Waals surface area contributed by atoms with Crippen molar-refractivity contribution in [2.45, 2.75) is 12.6 Å². The fourth-order valence-electron chi connectivity index (χ4n) is 3.97. The largest absolute Gasteiger partial charge is 0.433 e. The molecule has 3 heterocycles. The highest BCUT2D eigenvalue weighted by Gasteiger charge is 2.55. The number of hydrogen-bond donors (Lipinski definition) is 1. The number of anilines is 1. The molecule has 3 atom stereocenters. The zero-order chi connectivity index (χ0) is 20.4. The summed E-state index contributed by atoms with van der Waals surface area (Å²) in [5.41, 5.74) is -0.0575. The summed E-state index contributed by atoms with van der Waals surface area (Å²) in [7, 11) is 0. The molecule has 1 aliphatic heterocycles. The Balaban J connectivity index is 1.20. The predicted molar refractivity (Wildman–Crippen MR) is 101 cm³/mol. The van der Waals surface area contributed by atoms with Crippen LogP contribution in [0.1, 0.15) is 17.7 Å². The van der Waals surface area contributed by atoms with E-state index in [1.807, 2.05) is 11.0 Å². The van der Waals surface area contributed by atoms with Crippen LogP contribution >= 0.6 is 0 Å². The third kappa shape index (κ3) is 4.55. The Morgan fingerprint density at radius 2 is 2.03 bits per heavy atom. The monoisotopic (exact) mass is 403 g/mol. The van der Waals surface area contributed by atoms with Crippen LogP contribution in [0.5, 0.6) is 0 Å². The van der Waals surface area contributed by atoms with Crippen LogP contribution in [0.25, 0.3) is 6.08 Å². The first-order valence-corrected chi connectivity index (χ1v) is 9.43. The molecule has 1 saturated heterocycles. The summed E-state index contributed by atoms with van der Waals surface area (Å²) in [6, 6.07) is 4.55. The van der Waals surface area contributed by atoms with Gasteiger partial charge in [-0.15, -0.1) is 0 Å². The molecule has 1 N–H and O–H groups in total. The summed E-state index contributed by atoms with van der Waals surface area (Å²) in [5.74, 6) is 1.32. The lowest BCUT2D eigenvalue weighted by Gasteiger charge is -2.20. The smallest absolute Gasteiger partial charge is 0.353 e. The molecule has 29 heavy (non-hydrogen) atoms. The van der Waals surface area contributed by atoms with Crippen LogP contribution < -0.4 is 10.2 Å². The van der Waals surface area contributed by atoms with Crippen LogP contribution in [-0.2, 0) is 11.0 Å². The zero-order valence-corrected chi connectivity index (χ0v) is 15.5. The Morgan fingerprint density at radius 1 is 1.24 bits per heavy atom. The van der Waals surface area contributed by atoms with Crippen molar-refractivity contribution < 1.29 is 18.0 Å². The topological polar surface area (TPSA) is 71.0 Å². The maximum Gasteiger partial charge on any atom is 0.433 e. The van der Waals surface area contributed by atoms with Gasteiger partial charge in [-0.25, -0.2) is 9.97 Å². The van der Waals surface area contributed by atoms with E-state index in [4.69, 9.17) is 0 Å². The van der Waals surface area contributed by atoms with Gasteiger partial charge in [0.05, 0.1) is 0 Å². The molecule has 0 bridgehead atoms. The molecular weight excluding hydrogens is 383 g/mol. The minimum atomic E-state index is -4.47. The minimum Gasteiger partial charge on any atom is -0.353 e. The van der Waals surface area contributed by atoms with Gasteiger partial charge >= 0.3 is 6.18 Å². The summed E-state index contributed by atoms with van der Waals surface area (Å²) in [6.07, 6.45) is 4.09. The van der Waals surface area contributed by atoms with Crippen molar-refractivity contribution in [2.24, 2.45) is 17.8 Å². The van der Waals surface area contributed by atoms with E-state index in [2.05, 4.69) is 20.3 Å². The number of carbonyl (C=O) groups excluding carboxylic acids is 1. The molecule has 4 rings (SSSR count). The molecule has 2 aromatic heterocycles. The highest BCUT2D eigenvalue weighted by atomic mass is 19.4. The summed E-state index contributed by atoms with van der Waals surface area (Å²) in [5, 5.41) is 2.87. The van der Waals surface area contributed by atoms with Crippen molar-refractivity contribution in [1.29, 1.82) is 0 Å². The fourth-order valence-corrected chi connectivity index (χ4v) is 3.97. The van der Waals surface area contributed by atoms with Gasteiger partial charge in [-0.2, -0.15) is 13.2 Å². The van der Waals surface area contributed by atoms with Gasteiger partial charge in [0.25, 0.3) is 0 Å². The average molecular weight is 403 g/mol. The molecular formula is C20H20F3N5O. The quantitative estimate of drug-likeness (QED) is 0.751. The summed E-state index contributed by atoms with van der Waals surface area (Å²) < 4.78 is 38.4. The standard InChI is InChI=1S/C20H20F3N5O/c21-20(22,23)17-6-9-26-19(27-17)28-11-15-14(16(15)12-28)5-8-25-18(29)4-3-13-2-1-7-24-10-13/h1-4,6-7,9-10,14-16H,5,8,11-12H2,(H,25,29)/b4-3+/t14?,15-,16+. The first-order valence-electron chi connectivity index (χ1n) is 9.43. The highest BCUT2D eigenvalue weighted by Crippen LogP contribution is 2.53. The normalized spacial score (nSPS) is 23.3. The van der Waals surface area contributed by atoms with E-state index in [1.54, 1.807) is 24.5 Å². The maximum absolute atomic E-state index is 12.8. The third-order valence-corrected chi connectivity index (χ3v) is 5.48. The van der Waals surface area contributed by atoms with Gasteiger partial charge in [-0.05, 0) is 47.9 Å². The van der Waals surface area contributed by atoms with Crippen molar-refractivity contribution in [3.05, 3.63) is 54.1 Å². The van der Waals surface area contributed by atoms with Crippen molar-refractivity contribution in [3.63, 3.8) is 0 Å². The number of fused-ring (bicyclic) bond motifs is 1. The van der Waals surface area contributed by atoms with Gasteiger partial charge < -0.3 is 10.2 Å². The summed E-state index contributed by atoms with van der Waals surface area (Å²) >= 11 is 0. The Hall–Kier alpha value is -2.97. The molecule has 0 radical (unpaired) electrons. The average Bonchev–Trinajstić information content (AvgIpc) is 3.15. The molecule has 2 aliphatic rings. The second kappa shape index (κ2) is 7.81. The van der Waals surface area contributed by atoms with Crippen molar-refractivity contribution in [2.75, 3.05) is 24.5 Å². The second-order valence-corrected chi connectivity index (χ2v) is 7.34. The van der Waals surface area contributed by atoms with Gasteiger partial charge in [0.15, 0.2) is 0 Å². The number of piperidine rings is 1. The lowest BCUT2D eigenvalue weighted by atomic mass is 10.2. The molecule has 1 saturated carbocycles. The Morgan fingerprint density at radius 3 is 2.72 bits per heavy atom. The van der Waals surface area contributed by atoms with Gasteiger partial charge in [0.1, 0.15) is 5.69 Å². The first-order chi connectivity index (χ1) is 13.9. The summed E-state index contributed by atoms with van der Waals surface area (Å²) in [4.78, 5) is 25.3. The van der Waals surface area contributed by atoms with E-state index >= 15 is 0 Å². The molecule has 2 aromatic rings. The number of amides is 1. The molecule has 9 heteroatoms. The van der Waals surface area contributed by atoms with Crippen LogP contribution in [0.4, 0.5) is 19.1 Å². The van der Waals surface area contributed by atoms with Crippen LogP contribution in [-0.4, -0.2) is 40.5 Å². The van der Waals surface area contributed by atoms with Crippen molar-refractivity contribution in [1.82, 2.24) is 20.3 Å². The van der Waals surface area contributed by atoms with E-state index in [9.17, 15) is 18.0 Å². The molecule has 6 nitrogen and oxygen atoms in total. The number of nitrogens with one attached hydrogen (secondary N) is 1. The highest BCUT2D eigenvalue weighted by molar-refractivity contribution is 5.91. The SMILES string of the molecule is O=C(/C=C/c1cccnc1)NCCC1[C@H]2CN(c3nccc(C(F)(F)F)n3)C[C@@H]12. The number of halogens is 3. The number of pyridine rings is 1. The molecule has 1 amide bonds. The molecule has 152 valence electrons. The molecule has 0 aromatic carbocycles. The van der Waals surface area contributed by atoms with Gasteiger partial charge in [-0.3, -0.25) is 9.78 Å². The molecule has 2 fully saturated rings. The van der Waals surface area contributed by atoms with Crippen LogP contribution in [0.2, 0.25) is 0 Å². The maximum atomic E-state index is 12.8. The number of hydrogen-bond acceptors (Lipinski definition) is 5. The van der Waals surface area contributed by atoms with Gasteiger partial charge in [-0.1, -0.05) is 6.07 Å². The summed E-state index contributed by atoms with van der Waals surface area (Å²) in [6.45, 7) is 1.89. The second-order valence-electron chi connectivity index (χ2n) is 7.34. The molecule has 1 unspecified atom stereocenters. The molecule has 1 aliphatic carbocycles. The van der Waals surface area contributed by atoms with Crippen LogP contribution in [0, 0.1) is 17.8 Å². The van der Waals surface area contributed by atoms with Crippen LogP contribution in [0.3, 0.4) is 0 Å². The number of alkyl halides is 3. The third-order valence-electron chi connectivity index (χ3n) is 5.48. The zero-order valence-electron chi connectivity index (χ0n) is 15.5. The van der Waals surface area contributed by atoms with E-state index in [-0.39, 0.29) is 11.9 Å². The van der Waals surface area contributed by atoms with Crippen LogP contribution in [0.15, 0.2) is 42.9 Å². The van der Waals surface area contributed by atoms with Gasteiger partial charge in [0.2, 0.25) is 11.9 Å². The van der Waals surface area contributed by atoms with E-state index in [1.165, 1.54) is 6.08 Å². The lowest BCUT2D eigenvalue weighted by Crippen LogP contribution is -2.28. The van der Waals surface area contributed by atoms with Crippen molar-refractivity contribution in [3.8, 4) is 0 Å². The van der Waals surface area contributed by atoms with E-state index in [0.717, 1.165) is 24.2 Å². The number of rotatable bonds is 6. The fraction of sp³-hybridized carbons (Fsp3) is 0.400. The Kier molecular flexibility index (Phi) is 5.21. The Labute approximate surface area is 165 Å². The lowest BCUT2D eigenvalue weighted by molar-refractivity contribution is -0.141.